The first kappa shape index (κ1) is 114. The van der Waals surface area contributed by atoms with Gasteiger partial charge in [0.1, 0.15) is 25.4 Å². The number of unbranched alkanes of at least 4 members (excludes halogenated alkanes) is 38. The Balaban J connectivity index is 4.51. The van der Waals surface area contributed by atoms with Gasteiger partial charge >= 0.3 is 33.6 Å². The third-order valence-corrected chi connectivity index (χ3v) is 21.8. The van der Waals surface area contributed by atoms with Crippen LogP contribution in [-0.4, -0.2) is 95.9 Å². The van der Waals surface area contributed by atoms with Gasteiger partial charge in [-0.05, 0) is 154 Å². The summed E-state index contributed by atoms with van der Waals surface area (Å²) in [5, 5.41) is 20.7. The molecule has 0 amide bonds. The number of aliphatic hydroxyl groups is 2. The fraction of sp³-hybridized carbons (Fsp3) is 0.693. The van der Waals surface area contributed by atoms with Crippen molar-refractivity contribution in [2.75, 3.05) is 39.6 Å². The van der Waals surface area contributed by atoms with Gasteiger partial charge in [-0.15, -0.1) is 0 Å². The van der Waals surface area contributed by atoms with Crippen LogP contribution in [0.5, 0.6) is 0 Å². The van der Waals surface area contributed by atoms with Gasteiger partial charge in [-0.2, -0.15) is 0 Å². The van der Waals surface area contributed by atoms with E-state index in [0.717, 1.165) is 180 Å². The highest BCUT2D eigenvalue weighted by atomic mass is 31.2. The van der Waals surface area contributed by atoms with E-state index in [4.69, 9.17) is 32.3 Å². The highest BCUT2D eigenvalue weighted by Gasteiger charge is 2.30. The van der Waals surface area contributed by atoms with Crippen molar-refractivity contribution in [2.24, 2.45) is 0 Å². The van der Waals surface area contributed by atoms with Crippen molar-refractivity contribution >= 4 is 33.6 Å². The summed E-state index contributed by atoms with van der Waals surface area (Å²) < 4.78 is 61.5. The second-order valence-electron chi connectivity index (χ2n) is 31.4. The standard InChI is InChI=1S/C101H172O16P2/c1-4-7-10-13-16-19-22-25-28-31-34-36-38-40-42-44-45-46-47-48-49-51-53-54-56-58-61-63-66-69-72-75-78-81-84-87-99(104)111-90-96(102)91-113-118(107,108)114-92-97(103)93-115-119(109,110)116-95-98(117-101(106)89-86-83-80-77-74-71-68-65-60-33-30-27-24-21-18-15-12-9-6-3)94-112-100(105)88-85-82-79-76-73-70-67-64-62-59-57-55-52-50-43-41-39-37-35-32-29-26-23-20-17-14-11-8-5-2/h7-8,10-11,16-21,25-30,34-37,40-43,45-46,60,65,96-98,102-103H,4-6,9,12-15,22-24,31-33,38-39,44,47-59,61-64,66-95H2,1-3H3,(H,107,108)(H,109,110)/b10-7-,11-8-,19-16-,20-17-,21-18-,28-25-,29-26-,30-27-,36-34-,37-35-,42-40-,43-41-,46-45-,65-60-. The molecule has 0 fully saturated rings. The number of aliphatic hydroxyl groups excluding tert-OH is 2. The van der Waals surface area contributed by atoms with Crippen molar-refractivity contribution in [1.29, 1.82) is 0 Å². The van der Waals surface area contributed by atoms with Gasteiger partial charge in [-0.3, -0.25) is 32.5 Å². The molecule has 5 atom stereocenters. The molecular formula is C101H172O16P2. The minimum absolute atomic E-state index is 0.0873. The number of allylic oxidation sites excluding steroid dienone is 28. The van der Waals surface area contributed by atoms with Crippen molar-refractivity contribution in [3.8, 4) is 0 Å². The van der Waals surface area contributed by atoms with Crippen LogP contribution in [0.1, 0.15) is 393 Å². The highest BCUT2D eigenvalue weighted by molar-refractivity contribution is 7.47. The van der Waals surface area contributed by atoms with Crippen LogP contribution < -0.4 is 0 Å². The maximum atomic E-state index is 13.1. The summed E-state index contributed by atoms with van der Waals surface area (Å²) in [5.41, 5.74) is 0. The maximum absolute atomic E-state index is 13.1. The van der Waals surface area contributed by atoms with Crippen molar-refractivity contribution < 1.29 is 75.8 Å². The van der Waals surface area contributed by atoms with Gasteiger partial charge in [0, 0.05) is 19.3 Å². The van der Waals surface area contributed by atoms with Crippen LogP contribution >= 0.6 is 15.6 Å². The first-order valence-electron chi connectivity index (χ1n) is 47.4. The lowest BCUT2D eigenvalue weighted by molar-refractivity contribution is -0.161. The number of phosphoric ester groups is 2. The zero-order valence-corrected chi connectivity index (χ0v) is 77.0. The Morgan fingerprint density at radius 2 is 0.445 bits per heavy atom. The van der Waals surface area contributed by atoms with Gasteiger partial charge < -0.3 is 34.2 Å². The third kappa shape index (κ3) is 93.5. The number of esters is 3. The molecule has 0 aliphatic rings. The predicted octanol–water partition coefficient (Wildman–Crippen LogP) is 29.4. The molecule has 682 valence electrons. The molecule has 0 heterocycles. The fourth-order valence-corrected chi connectivity index (χ4v) is 14.4. The van der Waals surface area contributed by atoms with E-state index in [-0.39, 0.29) is 19.3 Å². The predicted molar refractivity (Wildman–Crippen MR) is 500 cm³/mol. The average Bonchev–Trinajstić information content (AvgIpc) is 0.924. The zero-order chi connectivity index (χ0) is 86.5. The number of hydrogen-bond acceptors (Lipinski definition) is 14. The lowest BCUT2D eigenvalue weighted by Crippen LogP contribution is -2.30. The van der Waals surface area contributed by atoms with Crippen LogP contribution in [0.2, 0.25) is 0 Å². The van der Waals surface area contributed by atoms with E-state index in [2.05, 4.69) is 191 Å². The second kappa shape index (κ2) is 92.1. The number of carbonyl (C=O) groups excluding carboxylic acids is 3. The van der Waals surface area contributed by atoms with Crippen LogP contribution in [0.25, 0.3) is 0 Å². The molecule has 0 radical (unpaired) electrons. The van der Waals surface area contributed by atoms with E-state index in [9.17, 15) is 43.5 Å². The number of phosphoric acid groups is 2. The molecule has 0 saturated carbocycles. The minimum Gasteiger partial charge on any atom is -0.463 e. The molecule has 18 heteroatoms. The first-order chi connectivity index (χ1) is 58.2. The molecule has 4 N–H and O–H groups in total. The molecule has 0 spiro atoms. The van der Waals surface area contributed by atoms with E-state index >= 15 is 0 Å². The summed E-state index contributed by atoms with van der Waals surface area (Å²) in [5.74, 6) is -1.58. The summed E-state index contributed by atoms with van der Waals surface area (Å²) in [4.78, 5) is 59.0. The molecule has 0 bridgehead atoms. The topological polar surface area (TPSA) is 231 Å². The normalized spacial score (nSPS) is 14.5. The molecule has 0 aromatic heterocycles. The molecular weight excluding hydrogens is 1530 g/mol. The Morgan fingerprint density at radius 3 is 0.706 bits per heavy atom. The van der Waals surface area contributed by atoms with Crippen LogP contribution in [0, 0.1) is 0 Å². The smallest absolute Gasteiger partial charge is 0.463 e. The Hall–Kier alpha value is -5.09. The average molecular weight is 1700 g/mol. The molecule has 0 aromatic carbocycles. The molecule has 16 nitrogen and oxygen atoms in total. The van der Waals surface area contributed by atoms with E-state index in [1.54, 1.807) is 0 Å². The van der Waals surface area contributed by atoms with Gasteiger partial charge in [0.2, 0.25) is 0 Å². The van der Waals surface area contributed by atoms with Gasteiger partial charge in [-0.1, -0.05) is 390 Å². The fourth-order valence-electron chi connectivity index (χ4n) is 12.8. The lowest BCUT2D eigenvalue weighted by atomic mass is 10.0. The van der Waals surface area contributed by atoms with Crippen molar-refractivity contribution in [3.05, 3.63) is 170 Å². The van der Waals surface area contributed by atoms with Crippen molar-refractivity contribution in [1.82, 2.24) is 0 Å². The third-order valence-electron chi connectivity index (χ3n) is 19.9. The largest absolute Gasteiger partial charge is 0.472 e. The van der Waals surface area contributed by atoms with E-state index in [1.807, 2.05) is 0 Å². The van der Waals surface area contributed by atoms with Gasteiger partial charge in [-0.25, -0.2) is 9.13 Å². The summed E-state index contributed by atoms with van der Waals surface area (Å²) in [7, 11) is -9.81. The Morgan fingerprint density at radius 1 is 0.244 bits per heavy atom. The van der Waals surface area contributed by atoms with Crippen LogP contribution in [0.15, 0.2) is 170 Å². The van der Waals surface area contributed by atoms with Gasteiger partial charge in [0.25, 0.3) is 0 Å². The quantitative estimate of drug-likeness (QED) is 0.0146. The molecule has 0 aliphatic heterocycles. The molecule has 5 unspecified atom stereocenters. The van der Waals surface area contributed by atoms with Gasteiger partial charge in [0.15, 0.2) is 6.10 Å². The molecule has 0 aliphatic carbocycles. The van der Waals surface area contributed by atoms with E-state index < -0.39 is 91.5 Å². The first-order valence-corrected chi connectivity index (χ1v) is 50.4. The van der Waals surface area contributed by atoms with Gasteiger partial charge in [0.05, 0.1) is 26.4 Å². The number of hydrogen-bond donors (Lipinski definition) is 4. The Labute approximate surface area is 726 Å². The van der Waals surface area contributed by atoms with E-state index in [1.165, 1.54) is 154 Å². The summed E-state index contributed by atoms with van der Waals surface area (Å²) in [6.07, 6.45) is 120. The molecule has 0 aromatic rings. The lowest BCUT2D eigenvalue weighted by Gasteiger charge is -2.21. The highest BCUT2D eigenvalue weighted by Crippen LogP contribution is 2.45. The second-order valence-corrected chi connectivity index (χ2v) is 34.3. The number of ether oxygens (including phenoxy) is 3. The monoisotopic (exact) mass is 1700 g/mol. The van der Waals surface area contributed by atoms with E-state index in [0.29, 0.717) is 19.3 Å². The maximum Gasteiger partial charge on any atom is 0.472 e. The van der Waals surface area contributed by atoms with Crippen molar-refractivity contribution in [3.63, 3.8) is 0 Å². The Kier molecular flexibility index (Phi) is 88.2. The number of rotatable bonds is 89. The zero-order valence-electron chi connectivity index (χ0n) is 75.2. The summed E-state index contributed by atoms with van der Waals surface area (Å²) in [6, 6.07) is 0. The summed E-state index contributed by atoms with van der Waals surface area (Å²) in [6.45, 7) is 2.46. The summed E-state index contributed by atoms with van der Waals surface area (Å²) >= 11 is 0. The van der Waals surface area contributed by atoms with Crippen molar-refractivity contribution in [2.45, 2.75) is 411 Å². The minimum atomic E-state index is -4.95. The van der Waals surface area contributed by atoms with Crippen LogP contribution in [0.4, 0.5) is 0 Å². The molecule has 0 rings (SSSR count). The molecule has 119 heavy (non-hydrogen) atoms. The van der Waals surface area contributed by atoms with Crippen LogP contribution in [-0.2, 0) is 55.8 Å². The van der Waals surface area contributed by atoms with Crippen LogP contribution in [0.3, 0.4) is 0 Å². The molecule has 0 saturated heterocycles. The Bertz CT molecular complexity index is 2840. The number of carbonyl (C=O) groups is 3. The SMILES string of the molecule is CC/C=C\C/C=C\C/C=C\C/C=C\C/C=C\C/C=C\CCCCCCCCCCCCCCCCCCC(=O)OCC(O)COP(=O)(O)OCC(O)COP(=O)(O)OCC(COC(=O)CCCCCCCCCCCCCCC/C=C\C/C=C\C/C=C\C/C=C\C/C=C\CC)OC(=O)CCCCCCCC/C=C\C/C=C\C/C=C\CCCCC.